The van der Waals surface area contributed by atoms with Crippen LogP contribution >= 0.6 is 0 Å². The van der Waals surface area contributed by atoms with Gasteiger partial charge in [0.1, 0.15) is 6.33 Å². The fourth-order valence-corrected chi connectivity index (χ4v) is 1.42. The largest absolute Gasteiger partial charge is 0.510 e. The molecule has 2 rings (SSSR count). The second-order valence-corrected chi connectivity index (χ2v) is 3.29. The van der Waals surface area contributed by atoms with E-state index < -0.39 is 12.4 Å². The van der Waals surface area contributed by atoms with Crippen molar-refractivity contribution in [2.45, 2.75) is 13.2 Å². The lowest BCUT2D eigenvalue weighted by Crippen LogP contribution is -2.38. The molecule has 1 atom stereocenters. The fraction of sp³-hybridized carbons (Fsp3) is 0.333. The number of carbonyl (C=O) groups is 2. The van der Waals surface area contributed by atoms with Gasteiger partial charge in [0, 0.05) is 5.57 Å². The van der Waals surface area contributed by atoms with Gasteiger partial charge in [0.25, 0.3) is 11.9 Å². The SMILES string of the molecule is COC(=O)OC1C=C(C)C(=O)N1c1nc[nH]n1. The van der Waals surface area contributed by atoms with E-state index in [4.69, 9.17) is 4.74 Å². The molecule has 17 heavy (non-hydrogen) atoms. The molecule has 8 nitrogen and oxygen atoms in total. The van der Waals surface area contributed by atoms with Gasteiger partial charge in [0.05, 0.1) is 7.11 Å². The van der Waals surface area contributed by atoms with E-state index in [0.717, 1.165) is 4.90 Å². The quantitative estimate of drug-likeness (QED) is 0.739. The highest BCUT2D eigenvalue weighted by atomic mass is 16.7. The van der Waals surface area contributed by atoms with Crippen molar-refractivity contribution in [3.8, 4) is 0 Å². The number of nitrogens with zero attached hydrogens (tertiary/aromatic N) is 3. The Hall–Kier alpha value is -2.38. The number of H-pyrrole nitrogens is 1. The summed E-state index contributed by atoms with van der Waals surface area (Å²) >= 11 is 0. The lowest BCUT2D eigenvalue weighted by atomic mass is 10.3. The maximum Gasteiger partial charge on any atom is 0.510 e. The average Bonchev–Trinajstić information content (AvgIpc) is 2.89. The van der Waals surface area contributed by atoms with Crippen LogP contribution in [-0.2, 0) is 14.3 Å². The molecule has 1 aromatic rings. The fourth-order valence-electron chi connectivity index (χ4n) is 1.42. The highest BCUT2D eigenvalue weighted by Crippen LogP contribution is 2.23. The third-order valence-corrected chi connectivity index (χ3v) is 2.20. The molecule has 0 aliphatic carbocycles. The maximum atomic E-state index is 11.8. The lowest BCUT2D eigenvalue weighted by molar-refractivity contribution is -0.115. The number of aromatic amines is 1. The van der Waals surface area contributed by atoms with Crippen LogP contribution in [0, 0.1) is 0 Å². The van der Waals surface area contributed by atoms with Crippen LogP contribution in [0.25, 0.3) is 0 Å². The summed E-state index contributed by atoms with van der Waals surface area (Å²) in [6, 6.07) is 0. The van der Waals surface area contributed by atoms with Crippen LogP contribution in [0.2, 0.25) is 0 Å². The number of anilines is 1. The molecule has 1 amide bonds. The van der Waals surface area contributed by atoms with Crippen LogP contribution in [0.4, 0.5) is 10.7 Å². The van der Waals surface area contributed by atoms with Gasteiger partial charge < -0.3 is 9.47 Å². The first-order valence-corrected chi connectivity index (χ1v) is 4.76. The van der Waals surface area contributed by atoms with E-state index in [1.807, 2.05) is 0 Å². The lowest BCUT2D eigenvalue weighted by Gasteiger charge is -2.20. The predicted molar refractivity (Wildman–Crippen MR) is 54.9 cm³/mol. The molecule has 0 saturated carbocycles. The van der Waals surface area contributed by atoms with Crippen molar-refractivity contribution in [3.05, 3.63) is 18.0 Å². The summed E-state index contributed by atoms with van der Waals surface area (Å²) in [4.78, 5) is 27.8. The van der Waals surface area contributed by atoms with E-state index >= 15 is 0 Å². The van der Waals surface area contributed by atoms with Crippen LogP contribution in [-0.4, -0.2) is 40.6 Å². The second kappa shape index (κ2) is 4.24. The van der Waals surface area contributed by atoms with E-state index in [1.54, 1.807) is 6.92 Å². The number of amides is 1. The summed E-state index contributed by atoms with van der Waals surface area (Å²) in [5.74, 6) is -0.185. The minimum Gasteiger partial charge on any atom is -0.438 e. The van der Waals surface area contributed by atoms with Crippen molar-refractivity contribution in [1.82, 2.24) is 15.2 Å². The zero-order chi connectivity index (χ0) is 12.4. The van der Waals surface area contributed by atoms with Crippen LogP contribution < -0.4 is 4.90 Å². The Morgan fingerprint density at radius 2 is 2.35 bits per heavy atom. The van der Waals surface area contributed by atoms with Crippen LogP contribution in [0.3, 0.4) is 0 Å². The van der Waals surface area contributed by atoms with E-state index in [9.17, 15) is 9.59 Å². The van der Waals surface area contributed by atoms with E-state index in [2.05, 4.69) is 19.9 Å². The topological polar surface area (TPSA) is 97.4 Å². The predicted octanol–water partition coefficient (Wildman–Crippen LogP) is 0.207. The zero-order valence-electron chi connectivity index (χ0n) is 9.21. The van der Waals surface area contributed by atoms with Crippen molar-refractivity contribution in [1.29, 1.82) is 0 Å². The number of aromatic nitrogens is 3. The Morgan fingerprint density at radius 1 is 1.59 bits per heavy atom. The third kappa shape index (κ3) is 1.96. The number of hydrogen-bond donors (Lipinski definition) is 1. The van der Waals surface area contributed by atoms with Crippen molar-refractivity contribution in [2.75, 3.05) is 12.0 Å². The molecule has 8 heteroatoms. The number of rotatable bonds is 2. The molecule has 0 radical (unpaired) electrons. The van der Waals surface area contributed by atoms with Crippen LogP contribution in [0.15, 0.2) is 18.0 Å². The van der Waals surface area contributed by atoms with Crippen molar-refractivity contribution >= 4 is 18.0 Å². The van der Waals surface area contributed by atoms with Gasteiger partial charge in [-0.15, -0.1) is 5.10 Å². The molecule has 1 aliphatic rings. The van der Waals surface area contributed by atoms with Gasteiger partial charge in [-0.25, -0.2) is 14.7 Å². The van der Waals surface area contributed by atoms with Crippen molar-refractivity contribution in [3.63, 3.8) is 0 Å². The highest BCUT2D eigenvalue weighted by Gasteiger charge is 2.36. The Morgan fingerprint density at radius 3 is 2.94 bits per heavy atom. The van der Waals surface area contributed by atoms with Gasteiger partial charge in [0.15, 0.2) is 0 Å². The zero-order valence-corrected chi connectivity index (χ0v) is 9.21. The minimum atomic E-state index is -0.884. The molecule has 2 heterocycles. The van der Waals surface area contributed by atoms with Gasteiger partial charge in [-0.05, 0) is 13.0 Å². The van der Waals surface area contributed by atoms with Gasteiger partial charge >= 0.3 is 6.16 Å². The number of hydrogen-bond acceptors (Lipinski definition) is 6. The molecule has 0 aromatic carbocycles. The Bertz CT molecular complexity index is 467. The summed E-state index contributed by atoms with van der Waals surface area (Å²) in [5.41, 5.74) is 0.448. The molecular weight excluding hydrogens is 228 g/mol. The van der Waals surface area contributed by atoms with E-state index in [-0.39, 0.29) is 11.9 Å². The summed E-state index contributed by atoms with van der Waals surface area (Å²) in [5, 5.41) is 6.25. The Kier molecular flexibility index (Phi) is 2.77. The summed E-state index contributed by atoms with van der Waals surface area (Å²) in [7, 11) is 1.19. The molecule has 1 aromatic heterocycles. The average molecular weight is 238 g/mol. The highest BCUT2D eigenvalue weighted by molar-refractivity contribution is 6.07. The normalized spacial score (nSPS) is 19.2. The van der Waals surface area contributed by atoms with Crippen LogP contribution in [0.5, 0.6) is 0 Å². The number of carbonyl (C=O) groups excluding carboxylic acids is 2. The summed E-state index contributed by atoms with van der Waals surface area (Å²) < 4.78 is 9.28. The molecule has 1 N–H and O–H groups in total. The number of methoxy groups -OCH3 is 1. The van der Waals surface area contributed by atoms with E-state index in [1.165, 1.54) is 19.5 Å². The molecule has 0 saturated heterocycles. The first-order valence-electron chi connectivity index (χ1n) is 4.76. The van der Waals surface area contributed by atoms with Gasteiger partial charge in [0.2, 0.25) is 6.23 Å². The third-order valence-electron chi connectivity index (χ3n) is 2.20. The second-order valence-electron chi connectivity index (χ2n) is 3.29. The molecular formula is C9H10N4O4. The standard InChI is InChI=1S/C9H10N4O4/c1-5-3-6(17-9(15)16-2)13(7(5)14)8-10-4-11-12-8/h3-4,6H,1-2H3,(H,10,11,12). The first kappa shape index (κ1) is 11.1. The Balaban J connectivity index is 2.23. The smallest absolute Gasteiger partial charge is 0.438 e. The molecule has 1 unspecified atom stereocenters. The number of ether oxygens (including phenoxy) is 2. The molecule has 0 spiro atoms. The first-order chi connectivity index (χ1) is 8.13. The molecule has 0 fully saturated rings. The van der Waals surface area contributed by atoms with Crippen molar-refractivity contribution < 1.29 is 19.1 Å². The minimum absolute atomic E-state index is 0.136. The molecule has 0 bridgehead atoms. The Labute approximate surface area is 96.2 Å². The summed E-state index contributed by atoms with van der Waals surface area (Å²) in [6.07, 6.45) is 1.06. The summed E-state index contributed by atoms with van der Waals surface area (Å²) in [6.45, 7) is 1.61. The van der Waals surface area contributed by atoms with E-state index in [0.29, 0.717) is 5.57 Å². The number of nitrogens with one attached hydrogen (secondary N) is 1. The molecule has 1 aliphatic heterocycles. The monoisotopic (exact) mass is 238 g/mol. The maximum absolute atomic E-state index is 11.8. The van der Waals surface area contributed by atoms with Gasteiger partial charge in [-0.2, -0.15) is 0 Å². The van der Waals surface area contributed by atoms with Crippen LogP contribution in [0.1, 0.15) is 6.92 Å². The van der Waals surface area contributed by atoms with Crippen molar-refractivity contribution in [2.24, 2.45) is 0 Å². The van der Waals surface area contributed by atoms with Gasteiger partial charge in [-0.1, -0.05) is 0 Å². The molecule has 90 valence electrons. The van der Waals surface area contributed by atoms with Gasteiger partial charge in [-0.3, -0.25) is 9.89 Å².